The van der Waals surface area contributed by atoms with Gasteiger partial charge in [0.2, 0.25) is 0 Å². The average molecular weight is 298 g/mol. The number of aromatic nitrogens is 2. The molecule has 19 heavy (non-hydrogen) atoms. The molecule has 5 nitrogen and oxygen atoms in total. The summed E-state index contributed by atoms with van der Waals surface area (Å²) in [7, 11) is 0. The van der Waals surface area contributed by atoms with Crippen LogP contribution >= 0.6 is 22.9 Å². The number of aromatic carboxylic acids is 1. The molecule has 0 aliphatic carbocycles. The summed E-state index contributed by atoms with van der Waals surface area (Å²) in [6.07, 6.45) is 1.72. The van der Waals surface area contributed by atoms with Crippen LogP contribution in [0.1, 0.15) is 29.2 Å². The molecular formula is C12H12ClN3O2S. The summed E-state index contributed by atoms with van der Waals surface area (Å²) in [5, 5.41) is 15.0. The maximum atomic E-state index is 11.0. The number of halogens is 1. The normalized spacial score (nSPS) is 11.3. The van der Waals surface area contributed by atoms with Crippen LogP contribution in [-0.4, -0.2) is 21.0 Å². The molecule has 0 bridgehead atoms. The van der Waals surface area contributed by atoms with Gasteiger partial charge in [-0.15, -0.1) is 11.3 Å². The molecule has 2 aromatic rings. The number of thiazole rings is 1. The molecule has 7 heteroatoms. The lowest BCUT2D eigenvalue weighted by atomic mass is 10.1. The van der Waals surface area contributed by atoms with Crippen LogP contribution in [0.25, 0.3) is 0 Å². The van der Waals surface area contributed by atoms with Gasteiger partial charge in [-0.3, -0.25) is 0 Å². The van der Waals surface area contributed by atoms with E-state index in [4.69, 9.17) is 16.7 Å². The van der Waals surface area contributed by atoms with Crippen molar-refractivity contribution in [3.05, 3.63) is 39.4 Å². The highest BCUT2D eigenvalue weighted by Crippen LogP contribution is 2.27. The number of carbonyl (C=O) groups is 1. The first-order valence-electron chi connectivity index (χ1n) is 5.47. The summed E-state index contributed by atoms with van der Waals surface area (Å²) >= 11 is 7.33. The van der Waals surface area contributed by atoms with Gasteiger partial charge in [-0.2, -0.15) is 0 Å². The van der Waals surface area contributed by atoms with Gasteiger partial charge in [0.05, 0.1) is 11.1 Å². The average Bonchev–Trinajstić information content (AvgIpc) is 2.81. The van der Waals surface area contributed by atoms with Crippen LogP contribution in [-0.2, 0) is 5.54 Å². The fraction of sp³-hybridized carbons (Fsp3) is 0.250. The Bertz CT molecular complexity index is 599. The van der Waals surface area contributed by atoms with Gasteiger partial charge in [0.1, 0.15) is 16.0 Å². The van der Waals surface area contributed by atoms with Crippen molar-refractivity contribution in [2.24, 2.45) is 0 Å². The molecule has 0 fully saturated rings. The van der Waals surface area contributed by atoms with Crippen LogP contribution in [0.2, 0.25) is 5.15 Å². The molecule has 2 heterocycles. The summed E-state index contributed by atoms with van der Waals surface area (Å²) in [6, 6.07) is 2.76. The molecule has 2 aromatic heterocycles. The number of nitrogens with zero attached hydrogens (tertiary/aromatic N) is 2. The van der Waals surface area contributed by atoms with E-state index < -0.39 is 11.5 Å². The van der Waals surface area contributed by atoms with Crippen molar-refractivity contribution in [3.63, 3.8) is 0 Å². The molecule has 2 N–H and O–H groups in total. The first-order valence-corrected chi connectivity index (χ1v) is 6.73. The highest BCUT2D eigenvalue weighted by Gasteiger charge is 2.24. The highest BCUT2D eigenvalue weighted by molar-refractivity contribution is 7.09. The van der Waals surface area contributed by atoms with Crippen LogP contribution in [0.5, 0.6) is 0 Å². The van der Waals surface area contributed by atoms with Crippen LogP contribution in [0.15, 0.2) is 23.7 Å². The lowest BCUT2D eigenvalue weighted by Crippen LogP contribution is -2.28. The maximum absolute atomic E-state index is 11.0. The molecule has 0 radical (unpaired) electrons. The molecule has 0 unspecified atom stereocenters. The molecule has 0 saturated carbocycles. The molecule has 2 rings (SSSR count). The number of carboxylic acid groups (broad SMARTS) is 1. The third-order valence-corrected chi connectivity index (χ3v) is 3.74. The third-order valence-electron chi connectivity index (χ3n) is 2.45. The summed E-state index contributed by atoms with van der Waals surface area (Å²) in [6.45, 7) is 3.88. The van der Waals surface area contributed by atoms with E-state index in [0.29, 0.717) is 5.82 Å². The highest BCUT2D eigenvalue weighted by atomic mass is 35.5. The Morgan fingerprint density at radius 2 is 2.21 bits per heavy atom. The number of carboxylic acids is 1. The van der Waals surface area contributed by atoms with Crippen LogP contribution in [0.4, 0.5) is 5.82 Å². The fourth-order valence-electron chi connectivity index (χ4n) is 1.59. The van der Waals surface area contributed by atoms with E-state index in [1.165, 1.54) is 23.5 Å². The molecule has 0 saturated heterocycles. The molecule has 0 spiro atoms. The third kappa shape index (κ3) is 3.21. The Labute approximate surface area is 119 Å². The van der Waals surface area contributed by atoms with Crippen LogP contribution in [0.3, 0.4) is 0 Å². The zero-order chi connectivity index (χ0) is 14.0. The fourth-order valence-corrected chi connectivity index (χ4v) is 2.52. The minimum absolute atomic E-state index is 0.0949. The van der Waals surface area contributed by atoms with E-state index in [1.807, 2.05) is 19.2 Å². The van der Waals surface area contributed by atoms with Gasteiger partial charge in [0.15, 0.2) is 0 Å². The Balaban J connectivity index is 2.31. The van der Waals surface area contributed by atoms with Crippen molar-refractivity contribution in [2.75, 3.05) is 5.32 Å². The van der Waals surface area contributed by atoms with Crippen LogP contribution < -0.4 is 5.32 Å². The SMILES string of the molecule is CC(C)(Nc1cc(C(=O)O)cc(Cl)n1)c1nccs1. The number of rotatable bonds is 4. The number of anilines is 1. The predicted molar refractivity (Wildman–Crippen MR) is 75.0 cm³/mol. The van der Waals surface area contributed by atoms with Crippen molar-refractivity contribution in [1.29, 1.82) is 0 Å². The van der Waals surface area contributed by atoms with Crippen molar-refractivity contribution in [1.82, 2.24) is 9.97 Å². The zero-order valence-corrected chi connectivity index (χ0v) is 11.9. The van der Waals surface area contributed by atoms with Crippen molar-refractivity contribution in [2.45, 2.75) is 19.4 Å². The van der Waals surface area contributed by atoms with Crippen molar-refractivity contribution < 1.29 is 9.90 Å². The molecule has 0 atom stereocenters. The van der Waals surface area contributed by atoms with Crippen LogP contribution in [0, 0.1) is 0 Å². The van der Waals surface area contributed by atoms with Gasteiger partial charge in [-0.25, -0.2) is 14.8 Å². The monoisotopic (exact) mass is 297 g/mol. The van der Waals surface area contributed by atoms with Gasteiger partial charge >= 0.3 is 5.97 Å². The van der Waals surface area contributed by atoms with E-state index in [9.17, 15) is 4.79 Å². The van der Waals surface area contributed by atoms with E-state index >= 15 is 0 Å². The number of hydrogen-bond acceptors (Lipinski definition) is 5. The quantitative estimate of drug-likeness (QED) is 0.847. The topological polar surface area (TPSA) is 75.1 Å². The van der Waals surface area contributed by atoms with Gasteiger partial charge in [-0.05, 0) is 26.0 Å². The summed E-state index contributed by atoms with van der Waals surface area (Å²) in [5.74, 6) is -0.635. The Hall–Kier alpha value is -1.66. The first kappa shape index (κ1) is 13.8. The first-order chi connectivity index (χ1) is 8.88. The summed E-state index contributed by atoms with van der Waals surface area (Å²) < 4.78 is 0. The maximum Gasteiger partial charge on any atom is 0.335 e. The van der Waals surface area contributed by atoms with E-state index in [2.05, 4.69) is 15.3 Å². The summed E-state index contributed by atoms with van der Waals surface area (Å²) in [4.78, 5) is 19.3. The van der Waals surface area contributed by atoms with Gasteiger partial charge in [0.25, 0.3) is 0 Å². The molecule has 0 aromatic carbocycles. The molecular weight excluding hydrogens is 286 g/mol. The Morgan fingerprint density at radius 1 is 1.47 bits per heavy atom. The van der Waals surface area contributed by atoms with E-state index in [0.717, 1.165) is 5.01 Å². The van der Waals surface area contributed by atoms with Gasteiger partial charge in [-0.1, -0.05) is 11.6 Å². The second-order valence-electron chi connectivity index (χ2n) is 4.46. The lowest BCUT2D eigenvalue weighted by molar-refractivity contribution is 0.0697. The smallest absolute Gasteiger partial charge is 0.335 e. The van der Waals surface area contributed by atoms with E-state index in [-0.39, 0.29) is 10.7 Å². The standard InChI is InChI=1S/C12H12ClN3O2S/c1-12(2,11-14-3-4-19-11)16-9-6-7(10(17)18)5-8(13)15-9/h3-6H,1-2H3,(H,15,16)(H,17,18). The Morgan fingerprint density at radius 3 is 2.79 bits per heavy atom. The van der Waals surface area contributed by atoms with Gasteiger partial charge in [0, 0.05) is 11.6 Å². The lowest BCUT2D eigenvalue weighted by Gasteiger charge is -2.24. The largest absolute Gasteiger partial charge is 0.478 e. The summed E-state index contributed by atoms with van der Waals surface area (Å²) in [5.41, 5.74) is -0.362. The minimum atomic E-state index is -1.04. The number of hydrogen-bond donors (Lipinski definition) is 2. The van der Waals surface area contributed by atoms with Crippen molar-refractivity contribution in [3.8, 4) is 0 Å². The predicted octanol–water partition coefficient (Wildman–Crippen LogP) is 3.24. The van der Waals surface area contributed by atoms with Gasteiger partial charge < -0.3 is 10.4 Å². The van der Waals surface area contributed by atoms with E-state index in [1.54, 1.807) is 6.20 Å². The molecule has 0 amide bonds. The number of pyridine rings is 1. The number of nitrogens with one attached hydrogen (secondary N) is 1. The minimum Gasteiger partial charge on any atom is -0.478 e. The molecule has 0 aliphatic heterocycles. The second-order valence-corrected chi connectivity index (χ2v) is 5.74. The molecule has 0 aliphatic rings. The zero-order valence-electron chi connectivity index (χ0n) is 10.3. The molecule has 100 valence electrons. The van der Waals surface area contributed by atoms with Crippen molar-refractivity contribution >= 4 is 34.7 Å². The second kappa shape index (κ2) is 5.14. The Kier molecular flexibility index (Phi) is 3.73.